The molecule has 0 bridgehead atoms. The third-order valence-corrected chi connectivity index (χ3v) is 19.9. The summed E-state index contributed by atoms with van der Waals surface area (Å²) in [5, 5.41) is 11.9. The van der Waals surface area contributed by atoms with Crippen molar-refractivity contribution in [2.75, 3.05) is 47.5 Å². The number of carbonyl (C=O) groups excluding carboxylic acids is 3. The molecule has 0 aromatic rings. The third kappa shape index (κ3) is 77.5. The van der Waals surface area contributed by atoms with Crippen LogP contribution in [-0.2, 0) is 33.3 Å². The van der Waals surface area contributed by atoms with Crippen molar-refractivity contribution >= 4 is 17.9 Å². The summed E-state index contributed by atoms with van der Waals surface area (Å²) in [5.74, 6) is -2.24. The van der Waals surface area contributed by atoms with Crippen LogP contribution in [0.5, 0.6) is 0 Å². The molecule has 0 aliphatic rings. The van der Waals surface area contributed by atoms with E-state index in [-0.39, 0.29) is 32.2 Å². The summed E-state index contributed by atoms with van der Waals surface area (Å²) in [7, 11) is 5.96. The lowest BCUT2D eigenvalue weighted by molar-refractivity contribution is -0.870. The molecule has 0 fully saturated rings. The maximum atomic E-state index is 13.0. The van der Waals surface area contributed by atoms with E-state index in [1.807, 2.05) is 21.1 Å². The molecule has 0 aliphatic heterocycles. The van der Waals surface area contributed by atoms with Gasteiger partial charge in [0.05, 0.1) is 40.3 Å². The van der Waals surface area contributed by atoms with Crippen LogP contribution in [-0.4, -0.2) is 82.3 Å². The van der Waals surface area contributed by atoms with Crippen LogP contribution in [0.3, 0.4) is 0 Å². The van der Waals surface area contributed by atoms with Gasteiger partial charge in [-0.1, -0.05) is 438 Å². The molecule has 0 heterocycles. The van der Waals surface area contributed by atoms with Crippen LogP contribution in [0, 0.1) is 0 Å². The minimum Gasteiger partial charge on any atom is -0.545 e. The first-order valence-corrected chi connectivity index (χ1v) is 42.2. The van der Waals surface area contributed by atoms with Crippen LogP contribution in [0.25, 0.3) is 0 Å². The fraction of sp³-hybridized carbons (Fsp3) is 0.964. The largest absolute Gasteiger partial charge is 0.545 e. The molecule has 2 unspecified atom stereocenters. The molecule has 0 radical (unpaired) electrons. The van der Waals surface area contributed by atoms with Crippen LogP contribution < -0.4 is 5.11 Å². The van der Waals surface area contributed by atoms with Gasteiger partial charge in [-0.3, -0.25) is 9.59 Å². The average molecular weight is 1320 g/mol. The van der Waals surface area contributed by atoms with E-state index in [0.717, 1.165) is 38.5 Å². The molecule has 2 atom stereocenters. The lowest BCUT2D eigenvalue weighted by atomic mass is 10.0. The van der Waals surface area contributed by atoms with Gasteiger partial charge in [-0.25, -0.2) is 0 Å². The Labute approximate surface area is 581 Å². The highest BCUT2D eigenvalue weighted by Crippen LogP contribution is 2.21. The van der Waals surface area contributed by atoms with Crippen LogP contribution in [0.4, 0.5) is 0 Å². The standard InChI is InChI=1S/C84H165NO8/c1-6-8-10-12-14-16-18-20-22-24-26-28-30-32-34-36-38-40-41-42-43-45-47-49-51-53-55-57-59-61-63-65-67-69-71-73-75-82(87)93-80(79-92-84(83(88)89)90-77-76-85(3,4)5)78-91-81(86)74-72-70-68-66-64-62-60-58-56-54-52-50-48-46-44-39-37-35-33-31-29-27-25-23-21-19-17-15-13-11-9-7-2/h80,84H,6-79H2,1-5H3. The number of quaternary nitrogens is 1. The predicted molar refractivity (Wildman–Crippen MR) is 399 cm³/mol. The highest BCUT2D eigenvalue weighted by atomic mass is 16.7. The van der Waals surface area contributed by atoms with Crippen LogP contribution in [0.2, 0.25) is 0 Å². The Morgan fingerprint density at radius 3 is 0.688 bits per heavy atom. The molecule has 0 rings (SSSR count). The monoisotopic (exact) mass is 1320 g/mol. The normalized spacial score (nSPS) is 12.5. The number of hydrogen-bond acceptors (Lipinski definition) is 8. The molecule has 0 saturated heterocycles. The zero-order chi connectivity index (χ0) is 67.5. The van der Waals surface area contributed by atoms with Gasteiger partial charge in [-0.2, -0.15) is 0 Å². The molecule has 0 aromatic carbocycles. The van der Waals surface area contributed by atoms with Crippen molar-refractivity contribution in [2.24, 2.45) is 0 Å². The van der Waals surface area contributed by atoms with Crippen molar-refractivity contribution in [3.05, 3.63) is 0 Å². The molecule has 9 nitrogen and oxygen atoms in total. The van der Waals surface area contributed by atoms with E-state index in [2.05, 4.69) is 13.8 Å². The smallest absolute Gasteiger partial charge is 0.306 e. The molecular weight excluding hydrogens is 1150 g/mol. The summed E-state index contributed by atoms with van der Waals surface area (Å²) in [5.41, 5.74) is 0. The molecule has 554 valence electrons. The van der Waals surface area contributed by atoms with Crippen molar-refractivity contribution in [1.29, 1.82) is 0 Å². The number of likely N-dealkylation sites (N-methyl/N-ethyl adjacent to an activating group) is 1. The van der Waals surface area contributed by atoms with Crippen LogP contribution in [0.1, 0.15) is 463 Å². The van der Waals surface area contributed by atoms with Crippen molar-refractivity contribution in [2.45, 2.75) is 476 Å². The van der Waals surface area contributed by atoms with Gasteiger partial charge in [0.25, 0.3) is 0 Å². The number of esters is 2. The zero-order valence-electron chi connectivity index (χ0n) is 63.7. The summed E-state index contributed by atoms with van der Waals surface area (Å²) in [6, 6.07) is 0. The Morgan fingerprint density at radius 1 is 0.280 bits per heavy atom. The van der Waals surface area contributed by atoms with E-state index < -0.39 is 24.3 Å². The summed E-state index contributed by atoms with van der Waals surface area (Å²) in [6.07, 6.45) is 91.2. The summed E-state index contributed by atoms with van der Waals surface area (Å²) < 4.78 is 22.9. The Balaban J connectivity index is 3.91. The fourth-order valence-electron chi connectivity index (χ4n) is 13.4. The minimum atomic E-state index is -1.62. The number of carbonyl (C=O) groups is 3. The summed E-state index contributed by atoms with van der Waals surface area (Å²) >= 11 is 0. The Morgan fingerprint density at radius 2 is 0.484 bits per heavy atom. The topological polar surface area (TPSA) is 111 Å². The first kappa shape index (κ1) is 91.3. The number of hydrogen-bond donors (Lipinski definition) is 0. The average Bonchev–Trinajstić information content (AvgIpc) is 3.47. The molecule has 0 amide bonds. The lowest BCUT2D eigenvalue weighted by Crippen LogP contribution is -2.44. The van der Waals surface area contributed by atoms with E-state index >= 15 is 0 Å². The Kier molecular flexibility index (Phi) is 74.7. The number of ether oxygens (including phenoxy) is 4. The minimum absolute atomic E-state index is 0.154. The van der Waals surface area contributed by atoms with E-state index in [4.69, 9.17) is 18.9 Å². The SMILES string of the molecule is CCCCCCCCCCCCCCCCCCCCCCCCCCCCCCCCCCCCCCC(=O)OC(COC(=O)CCCCCCCCCCCCCCCCCCCCCCCCCCCCCCCCCC)COC(OCC[N+](C)(C)C)C(=O)[O-]. The lowest BCUT2D eigenvalue weighted by Gasteiger charge is -2.26. The maximum absolute atomic E-state index is 13.0. The fourth-order valence-corrected chi connectivity index (χ4v) is 13.4. The number of rotatable bonds is 81. The van der Waals surface area contributed by atoms with Gasteiger partial charge >= 0.3 is 11.9 Å². The van der Waals surface area contributed by atoms with Crippen LogP contribution in [0.15, 0.2) is 0 Å². The third-order valence-electron chi connectivity index (χ3n) is 19.9. The molecule has 0 aromatic heterocycles. The second-order valence-electron chi connectivity index (χ2n) is 30.5. The highest BCUT2D eigenvalue weighted by Gasteiger charge is 2.22. The van der Waals surface area contributed by atoms with E-state index in [1.165, 1.54) is 398 Å². The summed E-state index contributed by atoms with van der Waals surface area (Å²) in [4.78, 5) is 37.6. The predicted octanol–water partition coefficient (Wildman–Crippen LogP) is 25.6. The highest BCUT2D eigenvalue weighted by molar-refractivity contribution is 5.70. The first-order chi connectivity index (χ1) is 45.6. The van der Waals surface area contributed by atoms with E-state index in [0.29, 0.717) is 17.4 Å². The Bertz CT molecular complexity index is 1480. The number of unbranched alkanes of at least 4 members (excludes halogenated alkanes) is 66. The number of carboxylic acids is 1. The van der Waals surface area contributed by atoms with Crippen molar-refractivity contribution in [1.82, 2.24) is 0 Å². The molecule has 93 heavy (non-hydrogen) atoms. The van der Waals surface area contributed by atoms with Crippen molar-refractivity contribution in [3.8, 4) is 0 Å². The van der Waals surface area contributed by atoms with Gasteiger partial charge in [-0.15, -0.1) is 0 Å². The van der Waals surface area contributed by atoms with E-state index in [1.54, 1.807) is 0 Å². The molecule has 0 spiro atoms. The second-order valence-corrected chi connectivity index (χ2v) is 30.5. The molecule has 0 aliphatic carbocycles. The summed E-state index contributed by atoms with van der Waals surface area (Å²) in [6.45, 7) is 4.86. The Hall–Kier alpha value is -1.71. The zero-order valence-corrected chi connectivity index (χ0v) is 63.7. The number of nitrogens with zero attached hydrogens (tertiary/aromatic N) is 1. The van der Waals surface area contributed by atoms with Crippen molar-refractivity contribution in [3.63, 3.8) is 0 Å². The molecular formula is C84H165NO8. The van der Waals surface area contributed by atoms with Gasteiger partial charge in [0, 0.05) is 12.8 Å². The number of aliphatic carboxylic acids is 1. The first-order valence-electron chi connectivity index (χ1n) is 42.2. The van der Waals surface area contributed by atoms with E-state index in [9.17, 15) is 19.5 Å². The van der Waals surface area contributed by atoms with Gasteiger partial charge in [0.15, 0.2) is 12.4 Å². The number of carboxylic acid groups (broad SMARTS) is 1. The van der Waals surface area contributed by atoms with Gasteiger partial charge in [0.2, 0.25) is 0 Å². The second kappa shape index (κ2) is 76.1. The molecule has 0 saturated carbocycles. The van der Waals surface area contributed by atoms with Crippen LogP contribution >= 0.6 is 0 Å². The van der Waals surface area contributed by atoms with Crippen molar-refractivity contribution < 1.29 is 42.9 Å². The molecule has 9 heteroatoms. The maximum Gasteiger partial charge on any atom is 0.306 e. The quantitative estimate of drug-likeness (QED) is 0.0256. The molecule has 0 N–H and O–H groups in total. The van der Waals surface area contributed by atoms with Gasteiger partial charge < -0.3 is 33.3 Å². The van der Waals surface area contributed by atoms with Gasteiger partial charge in [-0.05, 0) is 12.8 Å². The van der Waals surface area contributed by atoms with Gasteiger partial charge in [0.1, 0.15) is 13.2 Å².